The Kier molecular flexibility index (Phi) is 4.37. The van der Waals surface area contributed by atoms with Gasteiger partial charge in [0, 0.05) is 5.56 Å². The van der Waals surface area contributed by atoms with Crippen LogP contribution in [-0.4, -0.2) is 18.0 Å². The predicted octanol–water partition coefficient (Wildman–Crippen LogP) is 3.48. The maximum Gasteiger partial charge on any atom is 0.294 e. The maximum absolute atomic E-state index is 11.0. The highest BCUT2D eigenvalue weighted by Gasteiger charge is 2.12. The number of benzene rings is 2. The molecule has 0 saturated heterocycles. The van der Waals surface area contributed by atoms with Crippen molar-refractivity contribution in [1.29, 1.82) is 0 Å². The number of oxazole rings is 1. The minimum atomic E-state index is -4.20. The van der Waals surface area contributed by atoms with E-state index in [1.54, 1.807) is 6.92 Å². The van der Waals surface area contributed by atoms with Gasteiger partial charge in [-0.1, -0.05) is 18.2 Å². The number of aryl methyl sites for hydroxylation is 1. The first-order valence-corrected chi connectivity index (χ1v) is 8.59. The van der Waals surface area contributed by atoms with E-state index in [1.807, 2.05) is 30.3 Å². The van der Waals surface area contributed by atoms with Crippen LogP contribution in [0.2, 0.25) is 0 Å². The third kappa shape index (κ3) is 3.64. The third-order valence-corrected chi connectivity index (χ3v) is 4.28. The summed E-state index contributed by atoms with van der Waals surface area (Å²) in [6.45, 7) is 1.99. The molecule has 0 aliphatic heterocycles. The Labute approximate surface area is 139 Å². The summed E-state index contributed by atoms with van der Waals surface area (Å²) in [5, 5.41) is 0. The van der Waals surface area contributed by atoms with Gasteiger partial charge in [0.2, 0.25) is 5.89 Å². The zero-order valence-electron chi connectivity index (χ0n) is 12.8. The third-order valence-electron chi connectivity index (χ3n) is 3.41. The van der Waals surface area contributed by atoms with Crippen molar-refractivity contribution in [3.05, 3.63) is 66.1 Å². The molecule has 7 heteroatoms. The number of hydrogen-bond donors (Lipinski definition) is 1. The molecule has 0 aliphatic rings. The molecule has 1 heterocycles. The largest absolute Gasteiger partial charge is 0.487 e. The van der Waals surface area contributed by atoms with Crippen LogP contribution in [0, 0.1) is 6.92 Å². The van der Waals surface area contributed by atoms with Crippen molar-refractivity contribution < 1.29 is 22.1 Å². The minimum absolute atomic E-state index is 0.182. The van der Waals surface area contributed by atoms with E-state index in [2.05, 4.69) is 4.98 Å². The molecule has 3 rings (SSSR count). The highest BCUT2D eigenvalue weighted by atomic mass is 32.2. The van der Waals surface area contributed by atoms with E-state index >= 15 is 0 Å². The first kappa shape index (κ1) is 16.2. The standard InChI is InChI=1S/C17H15NO5S/c1-12-16(18-17(23-12)13-5-3-2-4-6-13)11-22-14-7-9-15(10-8-14)24(19,20)21/h2-10H,11H2,1H3,(H,19,20,21). The molecular weight excluding hydrogens is 330 g/mol. The van der Waals surface area contributed by atoms with E-state index in [0.717, 1.165) is 5.56 Å². The summed E-state index contributed by atoms with van der Waals surface area (Å²) in [4.78, 5) is 4.24. The van der Waals surface area contributed by atoms with Crippen molar-refractivity contribution >= 4 is 10.1 Å². The van der Waals surface area contributed by atoms with Crippen LogP contribution in [-0.2, 0) is 16.7 Å². The summed E-state index contributed by atoms with van der Waals surface area (Å²) in [5.41, 5.74) is 1.54. The summed E-state index contributed by atoms with van der Waals surface area (Å²) in [6, 6.07) is 15.0. The van der Waals surface area contributed by atoms with Gasteiger partial charge in [-0.25, -0.2) is 4.98 Å². The van der Waals surface area contributed by atoms with Crippen LogP contribution < -0.4 is 4.74 Å². The number of nitrogens with zero attached hydrogens (tertiary/aromatic N) is 1. The zero-order valence-corrected chi connectivity index (χ0v) is 13.7. The second-order valence-corrected chi connectivity index (χ2v) is 6.54. The fourth-order valence-corrected chi connectivity index (χ4v) is 2.61. The van der Waals surface area contributed by atoms with Gasteiger partial charge in [0.25, 0.3) is 10.1 Å². The normalized spacial score (nSPS) is 11.4. The quantitative estimate of drug-likeness (QED) is 0.712. The van der Waals surface area contributed by atoms with Gasteiger partial charge in [0.1, 0.15) is 23.8 Å². The van der Waals surface area contributed by atoms with Crippen LogP contribution >= 0.6 is 0 Å². The molecule has 124 valence electrons. The molecule has 24 heavy (non-hydrogen) atoms. The van der Waals surface area contributed by atoms with Crippen LogP contribution in [0.1, 0.15) is 11.5 Å². The van der Waals surface area contributed by atoms with Crippen molar-refractivity contribution in [1.82, 2.24) is 4.98 Å². The Morgan fingerprint density at radius 2 is 1.75 bits per heavy atom. The minimum Gasteiger partial charge on any atom is -0.487 e. The van der Waals surface area contributed by atoms with Crippen molar-refractivity contribution in [3.8, 4) is 17.2 Å². The molecule has 1 aromatic heterocycles. The van der Waals surface area contributed by atoms with Crippen molar-refractivity contribution in [2.45, 2.75) is 18.4 Å². The summed E-state index contributed by atoms with van der Waals surface area (Å²) in [7, 11) is -4.20. The lowest BCUT2D eigenvalue weighted by molar-refractivity contribution is 0.299. The molecular formula is C17H15NO5S. The summed E-state index contributed by atoms with van der Waals surface area (Å²) < 4.78 is 42.2. The monoisotopic (exact) mass is 345 g/mol. The average Bonchev–Trinajstić information content (AvgIpc) is 2.94. The second kappa shape index (κ2) is 6.46. The van der Waals surface area contributed by atoms with Crippen LogP contribution in [0.15, 0.2) is 63.9 Å². The maximum atomic E-state index is 11.0. The fourth-order valence-electron chi connectivity index (χ4n) is 2.13. The summed E-state index contributed by atoms with van der Waals surface area (Å²) >= 11 is 0. The Bertz CT molecular complexity index is 931. The van der Waals surface area contributed by atoms with Gasteiger partial charge in [-0.15, -0.1) is 0 Å². The van der Waals surface area contributed by atoms with Gasteiger partial charge in [-0.2, -0.15) is 8.42 Å². The molecule has 0 bridgehead atoms. The van der Waals surface area contributed by atoms with Gasteiger partial charge in [-0.3, -0.25) is 4.55 Å². The first-order valence-electron chi connectivity index (χ1n) is 7.15. The lowest BCUT2D eigenvalue weighted by atomic mass is 10.2. The van der Waals surface area contributed by atoms with E-state index in [4.69, 9.17) is 13.7 Å². The molecule has 6 nitrogen and oxygen atoms in total. The average molecular weight is 345 g/mol. The van der Waals surface area contributed by atoms with Gasteiger partial charge >= 0.3 is 0 Å². The SMILES string of the molecule is Cc1oc(-c2ccccc2)nc1COc1ccc(S(=O)(=O)O)cc1. The van der Waals surface area contributed by atoms with Crippen LogP contribution in [0.3, 0.4) is 0 Å². The van der Waals surface area contributed by atoms with Gasteiger partial charge < -0.3 is 9.15 Å². The number of hydrogen-bond acceptors (Lipinski definition) is 5. The van der Waals surface area contributed by atoms with E-state index in [1.165, 1.54) is 24.3 Å². The topological polar surface area (TPSA) is 89.6 Å². The molecule has 0 fully saturated rings. The van der Waals surface area contributed by atoms with E-state index in [9.17, 15) is 8.42 Å². The molecule has 2 aromatic carbocycles. The highest BCUT2D eigenvalue weighted by Crippen LogP contribution is 2.23. The molecule has 3 aromatic rings. The molecule has 0 amide bonds. The van der Waals surface area contributed by atoms with Gasteiger partial charge in [0.15, 0.2) is 0 Å². The second-order valence-electron chi connectivity index (χ2n) is 5.12. The van der Waals surface area contributed by atoms with Crippen molar-refractivity contribution in [3.63, 3.8) is 0 Å². The molecule has 0 spiro atoms. The Hall–Kier alpha value is -2.64. The molecule has 0 unspecified atom stereocenters. The number of aromatic nitrogens is 1. The Balaban J connectivity index is 1.72. The smallest absolute Gasteiger partial charge is 0.294 e. The van der Waals surface area contributed by atoms with E-state index in [-0.39, 0.29) is 11.5 Å². The highest BCUT2D eigenvalue weighted by molar-refractivity contribution is 7.85. The van der Waals surface area contributed by atoms with Crippen molar-refractivity contribution in [2.75, 3.05) is 0 Å². The molecule has 1 N–H and O–H groups in total. The van der Waals surface area contributed by atoms with E-state index < -0.39 is 10.1 Å². The summed E-state index contributed by atoms with van der Waals surface area (Å²) in [6.07, 6.45) is 0. The zero-order chi connectivity index (χ0) is 17.2. The molecule has 0 radical (unpaired) electrons. The van der Waals surface area contributed by atoms with Crippen LogP contribution in [0.5, 0.6) is 5.75 Å². The fraction of sp³-hybridized carbons (Fsp3) is 0.118. The first-order chi connectivity index (χ1) is 11.4. The Morgan fingerprint density at radius 1 is 1.08 bits per heavy atom. The Morgan fingerprint density at radius 3 is 2.38 bits per heavy atom. The van der Waals surface area contributed by atoms with Crippen LogP contribution in [0.25, 0.3) is 11.5 Å². The van der Waals surface area contributed by atoms with Gasteiger partial charge in [0.05, 0.1) is 4.90 Å². The van der Waals surface area contributed by atoms with Gasteiger partial charge in [-0.05, 0) is 43.3 Å². The number of rotatable bonds is 5. The molecule has 0 atom stereocenters. The molecule has 0 aliphatic carbocycles. The van der Waals surface area contributed by atoms with Crippen LogP contribution in [0.4, 0.5) is 0 Å². The number of ether oxygens (including phenoxy) is 1. The summed E-state index contributed by atoms with van der Waals surface area (Å²) in [5.74, 6) is 1.64. The lowest BCUT2D eigenvalue weighted by Gasteiger charge is -2.05. The molecule has 0 saturated carbocycles. The lowest BCUT2D eigenvalue weighted by Crippen LogP contribution is -2.00. The van der Waals surface area contributed by atoms with Crippen molar-refractivity contribution in [2.24, 2.45) is 0 Å². The predicted molar refractivity (Wildman–Crippen MR) is 87.3 cm³/mol. The van der Waals surface area contributed by atoms with E-state index in [0.29, 0.717) is 23.1 Å².